The molecule has 1 unspecified atom stereocenters. The van der Waals surface area contributed by atoms with Crippen LogP contribution in [0.5, 0.6) is 11.5 Å². The van der Waals surface area contributed by atoms with Gasteiger partial charge >= 0.3 is 59.0 Å². The van der Waals surface area contributed by atoms with Crippen molar-refractivity contribution >= 4 is 17.7 Å². The Morgan fingerprint density at radius 3 is 2.25 bits per heavy atom. The maximum atomic E-state index is 12.9. The first-order valence-corrected chi connectivity index (χ1v) is 11.1. The predicted octanol–water partition coefficient (Wildman–Crippen LogP) is 0.302. The molecular formula is C17H19FKO7PS. The molecule has 2 aromatic rings. The van der Waals surface area contributed by atoms with Crippen LogP contribution in [0.2, 0.25) is 0 Å². The number of halogens is 1. The van der Waals surface area contributed by atoms with E-state index in [-0.39, 0.29) is 63.6 Å². The fourth-order valence-corrected chi connectivity index (χ4v) is 4.89. The smallest absolute Gasteiger partial charge is 0.747 e. The minimum Gasteiger partial charge on any atom is -0.747 e. The molecule has 0 amide bonds. The van der Waals surface area contributed by atoms with Crippen LogP contribution in [-0.2, 0) is 21.1 Å². The molecule has 2 rings (SSSR count). The van der Waals surface area contributed by atoms with Crippen molar-refractivity contribution in [3.05, 3.63) is 59.4 Å². The van der Waals surface area contributed by atoms with Crippen LogP contribution in [-0.4, -0.2) is 27.7 Å². The predicted molar refractivity (Wildman–Crippen MR) is 96.1 cm³/mol. The van der Waals surface area contributed by atoms with E-state index >= 15 is 0 Å². The fourth-order valence-electron chi connectivity index (χ4n) is 2.57. The van der Waals surface area contributed by atoms with Crippen molar-refractivity contribution in [3.63, 3.8) is 0 Å². The molecule has 0 fully saturated rings. The van der Waals surface area contributed by atoms with Gasteiger partial charge in [0.2, 0.25) is 0 Å². The Kier molecular flexibility index (Phi) is 9.96. The van der Waals surface area contributed by atoms with Gasteiger partial charge in [-0.05, 0) is 73.7 Å². The summed E-state index contributed by atoms with van der Waals surface area (Å²) in [7, 11) is -10.2. The van der Waals surface area contributed by atoms with E-state index in [1.54, 1.807) is 18.2 Å². The molecular weight excluding hydrogens is 437 g/mol. The fraction of sp³-hybridized carbons (Fsp3) is 0.294. The Morgan fingerprint density at radius 1 is 1.14 bits per heavy atom. The van der Waals surface area contributed by atoms with Gasteiger partial charge in [-0.3, -0.25) is 4.57 Å². The van der Waals surface area contributed by atoms with Gasteiger partial charge in [-0.1, -0.05) is 6.07 Å². The first-order valence-electron chi connectivity index (χ1n) is 7.99. The van der Waals surface area contributed by atoms with Gasteiger partial charge < -0.3 is 19.1 Å². The number of rotatable bonds is 8. The van der Waals surface area contributed by atoms with Crippen molar-refractivity contribution in [2.24, 2.45) is 0 Å². The van der Waals surface area contributed by atoms with Crippen LogP contribution in [0.3, 0.4) is 0 Å². The summed E-state index contributed by atoms with van der Waals surface area (Å²) in [6, 6.07) is 10.7. The second-order valence-electron chi connectivity index (χ2n) is 6.07. The Morgan fingerprint density at radius 2 is 1.71 bits per heavy atom. The van der Waals surface area contributed by atoms with Crippen molar-refractivity contribution < 1.29 is 87.8 Å². The molecule has 2 aromatic carbocycles. The normalized spacial score (nSPS) is 12.9. The van der Waals surface area contributed by atoms with Gasteiger partial charge in [0.25, 0.3) is 0 Å². The third-order valence-corrected chi connectivity index (χ3v) is 7.48. The molecule has 0 saturated heterocycles. The minimum atomic E-state index is -5.11. The average Bonchev–Trinajstić information content (AvgIpc) is 2.54. The van der Waals surface area contributed by atoms with E-state index in [9.17, 15) is 21.9 Å². The largest absolute Gasteiger partial charge is 1.00 e. The molecule has 0 aliphatic rings. The number of hydrogen-bond donors (Lipinski definition) is 2. The molecule has 0 bridgehead atoms. The van der Waals surface area contributed by atoms with Gasteiger partial charge in [-0.15, -0.1) is 0 Å². The maximum Gasteiger partial charge on any atom is 1.00 e. The topological polar surface area (TPSA) is 124 Å². The molecule has 0 aliphatic heterocycles. The molecule has 2 N–H and O–H groups in total. The minimum absolute atomic E-state index is 0. The molecule has 0 saturated carbocycles. The average molecular weight is 456 g/mol. The second kappa shape index (κ2) is 10.8. The maximum absolute atomic E-state index is 12.9. The van der Waals surface area contributed by atoms with Gasteiger partial charge in [0, 0.05) is 0 Å². The van der Waals surface area contributed by atoms with Gasteiger partial charge in [0.15, 0.2) is 4.99 Å². The van der Waals surface area contributed by atoms with Crippen LogP contribution in [0.15, 0.2) is 42.5 Å². The van der Waals surface area contributed by atoms with E-state index in [1.807, 2.05) is 6.92 Å². The zero-order chi connectivity index (χ0) is 20.2. The summed E-state index contributed by atoms with van der Waals surface area (Å²) in [6.45, 7) is 1.82. The van der Waals surface area contributed by atoms with Crippen LogP contribution >= 0.6 is 7.60 Å². The summed E-state index contributed by atoms with van der Waals surface area (Å²) in [4.78, 5) is 15.9. The number of hydrogen-bond acceptors (Lipinski definition) is 5. The van der Waals surface area contributed by atoms with Gasteiger partial charge in [0.1, 0.15) is 27.4 Å². The van der Waals surface area contributed by atoms with Crippen LogP contribution in [0.4, 0.5) is 4.39 Å². The summed E-state index contributed by atoms with van der Waals surface area (Å²) in [5.41, 5.74) is 1.65. The molecule has 0 aromatic heterocycles. The van der Waals surface area contributed by atoms with Gasteiger partial charge in [-0.25, -0.2) is 12.8 Å². The molecule has 28 heavy (non-hydrogen) atoms. The SMILES string of the molecule is Cc1ccc(Oc2ccc(F)cc2)cc1CCCC(P(=O)(O)O)S(=O)(=O)[O-].[K+]. The van der Waals surface area contributed by atoms with E-state index in [0.29, 0.717) is 17.9 Å². The molecule has 0 heterocycles. The van der Waals surface area contributed by atoms with E-state index in [0.717, 1.165) is 11.1 Å². The van der Waals surface area contributed by atoms with Crippen LogP contribution in [0.1, 0.15) is 24.0 Å². The number of ether oxygens (including phenoxy) is 1. The molecule has 11 heteroatoms. The Hall–Kier alpha value is -0.134. The second-order valence-corrected chi connectivity index (χ2v) is 9.78. The van der Waals surface area contributed by atoms with E-state index < -0.39 is 29.1 Å². The van der Waals surface area contributed by atoms with Crippen molar-refractivity contribution in [3.8, 4) is 11.5 Å². The summed E-state index contributed by atoms with van der Waals surface area (Å²) in [5, 5.41) is 0. The monoisotopic (exact) mass is 456 g/mol. The van der Waals surface area contributed by atoms with Crippen LogP contribution in [0.25, 0.3) is 0 Å². The summed E-state index contributed by atoms with van der Waals surface area (Å²) in [6.07, 6.45) is -0.0465. The molecule has 148 valence electrons. The van der Waals surface area contributed by atoms with E-state index in [4.69, 9.17) is 14.5 Å². The van der Waals surface area contributed by atoms with Crippen molar-refractivity contribution in [2.75, 3.05) is 0 Å². The van der Waals surface area contributed by atoms with Crippen LogP contribution in [0, 0.1) is 12.7 Å². The van der Waals surface area contributed by atoms with Crippen molar-refractivity contribution in [1.82, 2.24) is 0 Å². The standard InChI is InChI=1S/C17H20FO7PS.K/c1-12-5-8-16(25-15-9-6-14(18)7-10-15)11-13(12)3-2-4-17(26(19,20)21)27(22,23)24;/h5-11,17H,2-4H2,1H3,(H2,19,20,21)(H,22,23,24);/q;+1/p-1. The molecule has 7 nitrogen and oxygen atoms in total. The Labute approximate surface area is 205 Å². The number of benzene rings is 2. The molecule has 0 spiro atoms. The van der Waals surface area contributed by atoms with Gasteiger partial charge in [0.05, 0.1) is 0 Å². The summed E-state index contributed by atoms with van der Waals surface area (Å²) in [5.74, 6) is 0.523. The molecule has 0 radical (unpaired) electrons. The van der Waals surface area contributed by atoms with Crippen molar-refractivity contribution in [2.45, 2.75) is 31.2 Å². The quantitative estimate of drug-likeness (QED) is 0.333. The Bertz CT molecular complexity index is 944. The molecule has 0 aliphatic carbocycles. The third kappa shape index (κ3) is 7.95. The first-order chi connectivity index (χ1) is 12.5. The summed E-state index contributed by atoms with van der Waals surface area (Å²) < 4.78 is 63.0. The van der Waals surface area contributed by atoms with E-state index in [1.165, 1.54) is 24.3 Å². The zero-order valence-corrected chi connectivity index (χ0v) is 20.2. The van der Waals surface area contributed by atoms with Crippen molar-refractivity contribution in [1.29, 1.82) is 0 Å². The first kappa shape index (κ1) is 25.9. The summed E-state index contributed by atoms with van der Waals surface area (Å²) >= 11 is 0. The zero-order valence-electron chi connectivity index (χ0n) is 15.4. The third-order valence-electron chi connectivity index (χ3n) is 3.98. The molecule has 1 atom stereocenters. The number of aryl methyl sites for hydroxylation is 2. The Balaban J connectivity index is 0.00000392. The van der Waals surface area contributed by atoms with E-state index in [2.05, 4.69) is 0 Å². The van der Waals surface area contributed by atoms with Crippen LogP contribution < -0.4 is 56.1 Å². The van der Waals surface area contributed by atoms with Gasteiger partial charge in [-0.2, -0.15) is 0 Å².